The molecule has 0 saturated carbocycles. The first-order valence-corrected chi connectivity index (χ1v) is 22.2. The molecule has 0 fully saturated rings. The molecular weight excluding hydrogens is 787 g/mol. The Morgan fingerprint density at radius 3 is 1.34 bits per heavy atom. The summed E-state index contributed by atoms with van der Waals surface area (Å²) in [6, 6.07) is 83.3. The Morgan fingerprint density at radius 1 is 0.277 bits per heavy atom. The van der Waals surface area contributed by atoms with Crippen LogP contribution in [0.5, 0.6) is 0 Å². The highest BCUT2D eigenvalue weighted by molar-refractivity contribution is 6.23. The molecular formula is C62H39N3. The van der Waals surface area contributed by atoms with Crippen LogP contribution in [0.2, 0.25) is 0 Å². The molecule has 0 saturated heterocycles. The summed E-state index contributed by atoms with van der Waals surface area (Å²) in [6.45, 7) is 0. The molecule has 65 heavy (non-hydrogen) atoms. The molecule has 0 bridgehead atoms. The Hall–Kier alpha value is -8.66. The Balaban J connectivity index is 0.752. The second kappa shape index (κ2) is 15.0. The first-order valence-electron chi connectivity index (χ1n) is 22.2. The normalized spacial score (nSPS) is 11.7. The molecule has 2 heterocycles. The third-order valence-corrected chi connectivity index (χ3v) is 13.3. The smallest absolute Gasteiger partial charge is 0.0979 e. The Labute approximate surface area is 376 Å². The molecule has 11 aromatic carbocycles. The van der Waals surface area contributed by atoms with Crippen LogP contribution >= 0.6 is 0 Å². The van der Waals surface area contributed by atoms with Crippen molar-refractivity contribution in [1.29, 1.82) is 0 Å². The van der Waals surface area contributed by atoms with Gasteiger partial charge in [-0.3, -0.25) is 4.98 Å². The van der Waals surface area contributed by atoms with E-state index in [1.165, 1.54) is 82.3 Å². The van der Waals surface area contributed by atoms with Crippen molar-refractivity contribution in [2.24, 2.45) is 0 Å². The van der Waals surface area contributed by atoms with Gasteiger partial charge in [0.2, 0.25) is 0 Å². The summed E-state index contributed by atoms with van der Waals surface area (Å²) < 4.78 is 2.39. The Kier molecular flexibility index (Phi) is 8.53. The lowest BCUT2D eigenvalue weighted by atomic mass is 9.97. The predicted molar refractivity (Wildman–Crippen MR) is 274 cm³/mol. The average molecular weight is 826 g/mol. The van der Waals surface area contributed by atoms with Crippen molar-refractivity contribution in [3.63, 3.8) is 0 Å². The van der Waals surface area contributed by atoms with E-state index in [4.69, 9.17) is 9.97 Å². The lowest BCUT2D eigenvalue weighted by molar-refractivity contribution is 1.18. The molecule has 3 nitrogen and oxygen atoms in total. The Bertz CT molecular complexity index is 3920. The zero-order chi connectivity index (χ0) is 42.8. The largest absolute Gasteiger partial charge is 0.309 e. The number of fused-ring (bicyclic) bond motifs is 10. The van der Waals surface area contributed by atoms with Crippen LogP contribution in [-0.2, 0) is 0 Å². The second-order valence-corrected chi connectivity index (χ2v) is 17.0. The van der Waals surface area contributed by atoms with Crippen LogP contribution in [0.1, 0.15) is 0 Å². The SMILES string of the molecule is c1ccc2cc(-c3ccc(-n4c5ccccc5c5cc(-c6ccc(-c7ccc(-c8ccc(-c9cnc%10c%11ccccc%11c%11ccccc%11c%10n9)cc8)cc7)cc6)ccc54)cc3)ccc2c1. The van der Waals surface area contributed by atoms with Gasteiger partial charge in [0, 0.05) is 32.8 Å². The van der Waals surface area contributed by atoms with Crippen LogP contribution in [0.25, 0.3) is 127 Å². The Morgan fingerprint density at radius 2 is 0.708 bits per heavy atom. The maximum atomic E-state index is 5.19. The number of rotatable bonds is 6. The minimum Gasteiger partial charge on any atom is -0.309 e. The first kappa shape index (κ1) is 36.9. The van der Waals surface area contributed by atoms with Gasteiger partial charge in [0.05, 0.1) is 34.0 Å². The summed E-state index contributed by atoms with van der Waals surface area (Å²) in [6.07, 6.45) is 1.91. The van der Waals surface area contributed by atoms with Gasteiger partial charge in [0.15, 0.2) is 0 Å². The summed E-state index contributed by atoms with van der Waals surface area (Å²) in [5.74, 6) is 0. The van der Waals surface area contributed by atoms with Crippen molar-refractivity contribution in [2.75, 3.05) is 0 Å². The van der Waals surface area contributed by atoms with Crippen molar-refractivity contribution in [2.45, 2.75) is 0 Å². The lowest BCUT2D eigenvalue weighted by Gasteiger charge is -2.11. The van der Waals surface area contributed by atoms with Gasteiger partial charge >= 0.3 is 0 Å². The van der Waals surface area contributed by atoms with Crippen LogP contribution in [0.15, 0.2) is 237 Å². The van der Waals surface area contributed by atoms with Crippen LogP contribution < -0.4 is 0 Å². The van der Waals surface area contributed by atoms with Gasteiger partial charge < -0.3 is 4.57 Å². The lowest BCUT2D eigenvalue weighted by Crippen LogP contribution is -1.93. The first-order chi connectivity index (χ1) is 32.2. The van der Waals surface area contributed by atoms with Crippen LogP contribution in [0.3, 0.4) is 0 Å². The molecule has 0 N–H and O–H groups in total. The molecule has 13 rings (SSSR count). The van der Waals surface area contributed by atoms with Gasteiger partial charge in [-0.05, 0) is 102 Å². The van der Waals surface area contributed by atoms with Gasteiger partial charge in [-0.1, -0.05) is 194 Å². The summed E-state index contributed by atoms with van der Waals surface area (Å²) in [4.78, 5) is 10.2. The molecule has 0 amide bonds. The molecule has 0 unspecified atom stereocenters. The van der Waals surface area contributed by atoms with Gasteiger partial charge in [-0.15, -0.1) is 0 Å². The van der Waals surface area contributed by atoms with E-state index in [1.54, 1.807) is 0 Å². The van der Waals surface area contributed by atoms with Crippen molar-refractivity contribution in [3.05, 3.63) is 237 Å². The van der Waals surface area contributed by atoms with Crippen LogP contribution in [0.4, 0.5) is 0 Å². The molecule has 0 aliphatic carbocycles. The maximum Gasteiger partial charge on any atom is 0.0979 e. The van der Waals surface area contributed by atoms with Crippen molar-refractivity contribution < 1.29 is 0 Å². The van der Waals surface area contributed by atoms with Gasteiger partial charge in [0.25, 0.3) is 0 Å². The minimum absolute atomic E-state index is 0.870. The number of hydrogen-bond acceptors (Lipinski definition) is 2. The molecule has 3 heteroatoms. The summed E-state index contributed by atoms with van der Waals surface area (Å²) in [7, 11) is 0. The third kappa shape index (κ3) is 6.28. The summed E-state index contributed by atoms with van der Waals surface area (Å²) >= 11 is 0. The van der Waals surface area contributed by atoms with E-state index in [1.807, 2.05) is 6.20 Å². The highest BCUT2D eigenvalue weighted by Crippen LogP contribution is 2.38. The second-order valence-electron chi connectivity index (χ2n) is 17.0. The monoisotopic (exact) mass is 825 g/mol. The quantitative estimate of drug-likeness (QED) is 0.156. The fourth-order valence-electron chi connectivity index (χ4n) is 9.91. The third-order valence-electron chi connectivity index (χ3n) is 13.3. The standard InChI is InChI=1S/C62H39N3/c1-2-10-48-37-49(30-27-40(48)9-1)46-31-34-51(35-32-46)65-59-16-8-7-13-54(59)57-38-50(33-36-60(57)65)45-23-21-43(22-24-45)41-17-19-42(20-18-41)44-25-28-47(29-26-44)58-39-63-61-55-14-5-3-11-52(55)53-12-4-6-15-56(53)62(61)64-58/h1-39H. The molecule has 302 valence electrons. The van der Waals surface area contributed by atoms with E-state index in [-0.39, 0.29) is 0 Å². The number of aromatic nitrogens is 3. The molecule has 13 aromatic rings. The zero-order valence-corrected chi connectivity index (χ0v) is 35.4. The highest BCUT2D eigenvalue weighted by Gasteiger charge is 2.15. The van der Waals surface area contributed by atoms with Crippen molar-refractivity contribution >= 4 is 65.2 Å². The number of nitrogens with zero attached hydrogens (tertiary/aromatic N) is 3. The van der Waals surface area contributed by atoms with Crippen LogP contribution in [-0.4, -0.2) is 14.5 Å². The molecule has 0 aliphatic heterocycles. The van der Waals surface area contributed by atoms with E-state index >= 15 is 0 Å². The van der Waals surface area contributed by atoms with Gasteiger partial charge in [-0.25, -0.2) is 4.98 Å². The van der Waals surface area contributed by atoms with E-state index in [0.717, 1.165) is 44.3 Å². The number of hydrogen-bond donors (Lipinski definition) is 0. The predicted octanol–water partition coefficient (Wildman–Crippen LogP) is 16.5. The fourth-order valence-corrected chi connectivity index (χ4v) is 9.91. The van der Waals surface area contributed by atoms with E-state index in [9.17, 15) is 0 Å². The highest BCUT2D eigenvalue weighted by atomic mass is 15.0. The van der Waals surface area contributed by atoms with E-state index in [0.29, 0.717) is 0 Å². The van der Waals surface area contributed by atoms with E-state index < -0.39 is 0 Å². The molecule has 0 spiro atoms. The fraction of sp³-hybridized carbons (Fsp3) is 0. The topological polar surface area (TPSA) is 30.7 Å². The number of para-hydroxylation sites is 1. The summed E-state index contributed by atoms with van der Waals surface area (Å²) in [5, 5.41) is 9.67. The average Bonchev–Trinajstić information content (AvgIpc) is 3.72. The van der Waals surface area contributed by atoms with Crippen molar-refractivity contribution in [3.8, 4) is 61.5 Å². The zero-order valence-electron chi connectivity index (χ0n) is 35.4. The van der Waals surface area contributed by atoms with E-state index in [2.05, 4.69) is 235 Å². The van der Waals surface area contributed by atoms with Crippen LogP contribution in [0, 0.1) is 0 Å². The molecule has 0 atom stereocenters. The summed E-state index contributed by atoms with van der Waals surface area (Å²) in [5.41, 5.74) is 16.9. The minimum atomic E-state index is 0.870. The van der Waals surface area contributed by atoms with Crippen molar-refractivity contribution in [1.82, 2.24) is 14.5 Å². The molecule has 2 aromatic heterocycles. The van der Waals surface area contributed by atoms with Gasteiger partial charge in [-0.2, -0.15) is 0 Å². The molecule has 0 radical (unpaired) electrons. The maximum absolute atomic E-state index is 5.19. The van der Waals surface area contributed by atoms with Gasteiger partial charge in [0.1, 0.15) is 0 Å². The number of benzene rings is 11. The molecule has 0 aliphatic rings.